The quantitative estimate of drug-likeness (QED) is 0.668. The van der Waals surface area contributed by atoms with Crippen LogP contribution in [0.25, 0.3) is 22.0 Å². The molecule has 3 heterocycles. The Labute approximate surface area is 178 Å². The average Bonchev–Trinajstić information content (AvgIpc) is 2.80. The van der Waals surface area contributed by atoms with Crippen molar-refractivity contribution in [2.45, 2.75) is 6.54 Å². The summed E-state index contributed by atoms with van der Waals surface area (Å²) in [7, 11) is 2.18. The third kappa shape index (κ3) is 4.17. The van der Waals surface area contributed by atoms with Crippen molar-refractivity contribution in [1.29, 1.82) is 0 Å². The molecule has 0 aliphatic carbocycles. The number of likely N-dealkylation sites (N-methyl/N-ethyl adjacent to an activating group) is 1. The molecule has 2 saturated heterocycles. The third-order valence-corrected chi connectivity index (χ3v) is 6.21. The van der Waals surface area contributed by atoms with Crippen LogP contribution in [0.5, 0.6) is 0 Å². The number of ether oxygens (including phenoxy) is 1. The first-order valence-electron chi connectivity index (χ1n) is 10.8. The molecule has 0 N–H and O–H groups in total. The van der Waals surface area contributed by atoms with Gasteiger partial charge in [-0.15, -0.1) is 0 Å². The molecule has 0 radical (unpaired) electrons. The van der Waals surface area contributed by atoms with E-state index in [4.69, 9.17) is 4.74 Å². The highest BCUT2D eigenvalue weighted by Crippen LogP contribution is 2.29. The monoisotopic (exact) mass is 403 g/mol. The Hall–Kier alpha value is -2.54. The highest BCUT2D eigenvalue weighted by molar-refractivity contribution is 5.93. The van der Waals surface area contributed by atoms with Crippen LogP contribution in [0.2, 0.25) is 0 Å². The van der Waals surface area contributed by atoms with Gasteiger partial charge in [-0.2, -0.15) is 0 Å². The summed E-state index contributed by atoms with van der Waals surface area (Å²) in [5.41, 5.74) is 4.80. The van der Waals surface area contributed by atoms with Crippen molar-refractivity contribution in [3.8, 4) is 11.1 Å². The number of anilines is 1. The smallest absolute Gasteiger partial charge is 0.139 e. The van der Waals surface area contributed by atoms with Crippen LogP contribution in [-0.4, -0.2) is 79.3 Å². The van der Waals surface area contributed by atoms with Crippen LogP contribution < -0.4 is 4.90 Å². The first-order chi connectivity index (χ1) is 14.8. The lowest BCUT2D eigenvalue weighted by Crippen LogP contribution is -2.44. The number of aromatic nitrogens is 2. The van der Waals surface area contributed by atoms with E-state index in [1.807, 2.05) is 0 Å². The molecule has 2 aliphatic heterocycles. The Morgan fingerprint density at radius 1 is 0.833 bits per heavy atom. The van der Waals surface area contributed by atoms with Gasteiger partial charge in [0.15, 0.2) is 0 Å². The fraction of sp³-hybridized carbons (Fsp3) is 0.417. The minimum Gasteiger partial charge on any atom is -0.379 e. The van der Waals surface area contributed by atoms with E-state index in [0.29, 0.717) is 0 Å². The van der Waals surface area contributed by atoms with Gasteiger partial charge in [-0.1, -0.05) is 30.3 Å². The zero-order valence-electron chi connectivity index (χ0n) is 17.6. The lowest BCUT2D eigenvalue weighted by molar-refractivity contribution is 0.0342. The third-order valence-electron chi connectivity index (χ3n) is 6.21. The summed E-state index contributed by atoms with van der Waals surface area (Å²) in [6.07, 6.45) is 1.69. The zero-order chi connectivity index (χ0) is 20.3. The number of rotatable bonds is 4. The molecule has 0 bridgehead atoms. The molecular weight excluding hydrogens is 374 g/mol. The molecule has 0 spiro atoms. The standard InChI is InChI=1S/C24H29N5O/c1-27-8-10-29(11-9-27)24-22-16-21(6-7-23(22)25-18-26-24)20-4-2-19(3-5-20)17-28-12-14-30-15-13-28/h2-7,16,18H,8-15,17H2,1H3. The molecule has 0 saturated carbocycles. The number of morpholine rings is 1. The molecule has 1 aromatic heterocycles. The van der Waals surface area contributed by atoms with Gasteiger partial charge >= 0.3 is 0 Å². The molecule has 2 fully saturated rings. The normalized spacial score (nSPS) is 18.8. The zero-order valence-corrected chi connectivity index (χ0v) is 17.6. The molecule has 0 amide bonds. The number of piperazine rings is 1. The molecule has 2 aliphatic rings. The summed E-state index contributed by atoms with van der Waals surface area (Å²) in [5.74, 6) is 1.05. The predicted molar refractivity (Wildman–Crippen MR) is 121 cm³/mol. The van der Waals surface area contributed by atoms with Gasteiger partial charge in [0.2, 0.25) is 0 Å². The van der Waals surface area contributed by atoms with Gasteiger partial charge in [-0.3, -0.25) is 4.90 Å². The van der Waals surface area contributed by atoms with E-state index in [2.05, 4.69) is 74.2 Å². The summed E-state index contributed by atoms with van der Waals surface area (Å²) >= 11 is 0. The van der Waals surface area contributed by atoms with E-state index in [0.717, 1.165) is 75.7 Å². The summed E-state index contributed by atoms with van der Waals surface area (Å²) in [5, 5.41) is 1.14. The van der Waals surface area contributed by atoms with E-state index in [1.54, 1.807) is 6.33 Å². The highest BCUT2D eigenvalue weighted by Gasteiger charge is 2.18. The van der Waals surface area contributed by atoms with Gasteiger partial charge in [0.05, 0.1) is 18.7 Å². The van der Waals surface area contributed by atoms with E-state index >= 15 is 0 Å². The molecule has 5 rings (SSSR count). The van der Waals surface area contributed by atoms with E-state index in [1.165, 1.54) is 16.7 Å². The average molecular weight is 404 g/mol. The first kappa shape index (κ1) is 19.4. The van der Waals surface area contributed by atoms with Gasteiger partial charge in [0.25, 0.3) is 0 Å². The maximum atomic E-state index is 5.45. The Kier molecular flexibility index (Phi) is 5.62. The summed E-state index contributed by atoms with van der Waals surface area (Å²) in [6, 6.07) is 15.5. The molecule has 30 heavy (non-hydrogen) atoms. The molecule has 0 atom stereocenters. The van der Waals surface area contributed by atoms with E-state index in [-0.39, 0.29) is 0 Å². The SMILES string of the molecule is CN1CCN(c2ncnc3ccc(-c4ccc(CN5CCOCC5)cc4)cc23)CC1. The molecule has 6 nitrogen and oxygen atoms in total. The molecule has 3 aromatic rings. The lowest BCUT2D eigenvalue weighted by Gasteiger charge is -2.33. The molecular formula is C24H29N5O. The largest absolute Gasteiger partial charge is 0.379 e. The number of nitrogens with zero attached hydrogens (tertiary/aromatic N) is 5. The number of benzene rings is 2. The summed E-state index contributed by atoms with van der Waals surface area (Å²) in [6.45, 7) is 8.84. The Morgan fingerprint density at radius 2 is 1.57 bits per heavy atom. The minimum atomic E-state index is 0.840. The predicted octanol–water partition coefficient (Wildman–Crippen LogP) is 2.88. The fourth-order valence-corrected chi connectivity index (χ4v) is 4.31. The highest BCUT2D eigenvalue weighted by atomic mass is 16.5. The molecule has 2 aromatic carbocycles. The van der Waals surface area contributed by atoms with Gasteiger partial charge in [-0.25, -0.2) is 9.97 Å². The minimum absolute atomic E-state index is 0.840. The van der Waals surface area contributed by atoms with Crippen LogP contribution in [0.4, 0.5) is 5.82 Å². The number of hydrogen-bond acceptors (Lipinski definition) is 6. The van der Waals surface area contributed by atoms with Crippen molar-refractivity contribution >= 4 is 16.7 Å². The molecule has 0 unspecified atom stereocenters. The Balaban J connectivity index is 1.39. The fourth-order valence-electron chi connectivity index (χ4n) is 4.31. The maximum absolute atomic E-state index is 5.45. The maximum Gasteiger partial charge on any atom is 0.139 e. The van der Waals surface area contributed by atoms with Gasteiger partial charge in [0.1, 0.15) is 12.1 Å². The van der Waals surface area contributed by atoms with Crippen LogP contribution >= 0.6 is 0 Å². The first-order valence-corrected chi connectivity index (χ1v) is 10.8. The molecule has 6 heteroatoms. The van der Waals surface area contributed by atoms with Gasteiger partial charge < -0.3 is 14.5 Å². The molecule has 156 valence electrons. The van der Waals surface area contributed by atoms with Gasteiger partial charge in [-0.05, 0) is 35.9 Å². The number of hydrogen-bond donors (Lipinski definition) is 0. The van der Waals surface area contributed by atoms with Crippen LogP contribution in [-0.2, 0) is 11.3 Å². The second-order valence-corrected chi connectivity index (χ2v) is 8.30. The summed E-state index contributed by atoms with van der Waals surface area (Å²) in [4.78, 5) is 16.4. The lowest BCUT2D eigenvalue weighted by atomic mass is 10.0. The van der Waals surface area contributed by atoms with Crippen molar-refractivity contribution in [3.63, 3.8) is 0 Å². The Morgan fingerprint density at radius 3 is 2.33 bits per heavy atom. The Bertz CT molecular complexity index is 992. The summed E-state index contributed by atoms with van der Waals surface area (Å²) < 4.78 is 5.45. The van der Waals surface area contributed by atoms with Crippen molar-refractivity contribution in [1.82, 2.24) is 19.8 Å². The second-order valence-electron chi connectivity index (χ2n) is 8.30. The van der Waals surface area contributed by atoms with Gasteiger partial charge in [0, 0.05) is 51.2 Å². The van der Waals surface area contributed by atoms with Crippen molar-refractivity contribution in [2.75, 3.05) is 64.4 Å². The van der Waals surface area contributed by atoms with Crippen molar-refractivity contribution < 1.29 is 4.74 Å². The van der Waals surface area contributed by atoms with E-state index in [9.17, 15) is 0 Å². The topological polar surface area (TPSA) is 44.7 Å². The van der Waals surface area contributed by atoms with Crippen molar-refractivity contribution in [2.24, 2.45) is 0 Å². The van der Waals surface area contributed by atoms with Crippen LogP contribution in [0.15, 0.2) is 48.8 Å². The van der Waals surface area contributed by atoms with E-state index < -0.39 is 0 Å². The number of fused-ring (bicyclic) bond motifs is 1. The van der Waals surface area contributed by atoms with Crippen LogP contribution in [0, 0.1) is 0 Å². The van der Waals surface area contributed by atoms with Crippen LogP contribution in [0.1, 0.15) is 5.56 Å². The second kappa shape index (κ2) is 8.68. The van der Waals surface area contributed by atoms with Crippen molar-refractivity contribution in [3.05, 3.63) is 54.4 Å². The van der Waals surface area contributed by atoms with Crippen LogP contribution in [0.3, 0.4) is 0 Å².